The van der Waals surface area contributed by atoms with Gasteiger partial charge in [-0.3, -0.25) is 9.10 Å². The van der Waals surface area contributed by atoms with Crippen LogP contribution in [0.15, 0.2) is 24.3 Å². The molecule has 0 aliphatic carbocycles. The van der Waals surface area contributed by atoms with Gasteiger partial charge in [0.25, 0.3) is 0 Å². The minimum absolute atomic E-state index is 0.200. The Kier molecular flexibility index (Phi) is 6.67. The lowest BCUT2D eigenvalue weighted by molar-refractivity contribution is -0.129. The molecular weight excluding hydrogens is 304 g/mol. The van der Waals surface area contributed by atoms with Gasteiger partial charge in [0.05, 0.1) is 18.6 Å². The van der Waals surface area contributed by atoms with E-state index in [0.717, 1.165) is 10.6 Å². The van der Waals surface area contributed by atoms with E-state index in [9.17, 15) is 13.2 Å². The lowest BCUT2D eigenvalue weighted by Gasteiger charge is -2.26. The largest absolute Gasteiger partial charge is 0.494 e. The van der Waals surface area contributed by atoms with Crippen LogP contribution >= 0.6 is 0 Å². The van der Waals surface area contributed by atoms with Crippen molar-refractivity contribution in [2.75, 3.05) is 36.8 Å². The second-order valence-electron chi connectivity index (χ2n) is 4.76. The Morgan fingerprint density at radius 3 is 2.05 bits per heavy atom. The number of anilines is 1. The van der Waals surface area contributed by atoms with Crippen LogP contribution in [0, 0.1) is 0 Å². The van der Waals surface area contributed by atoms with E-state index in [-0.39, 0.29) is 12.5 Å². The molecule has 0 aliphatic heterocycles. The van der Waals surface area contributed by atoms with Crippen molar-refractivity contribution in [3.8, 4) is 5.75 Å². The molecular formula is C15H24N2O4S. The van der Waals surface area contributed by atoms with Crippen molar-refractivity contribution >= 4 is 21.6 Å². The second kappa shape index (κ2) is 8.03. The van der Waals surface area contributed by atoms with Gasteiger partial charge in [-0.15, -0.1) is 0 Å². The van der Waals surface area contributed by atoms with E-state index < -0.39 is 10.0 Å². The molecule has 0 heterocycles. The lowest BCUT2D eigenvalue weighted by Crippen LogP contribution is -2.42. The smallest absolute Gasteiger partial charge is 0.243 e. The van der Waals surface area contributed by atoms with Crippen LogP contribution in [0.3, 0.4) is 0 Å². The maximum atomic E-state index is 12.2. The van der Waals surface area contributed by atoms with E-state index in [0.29, 0.717) is 31.1 Å². The molecule has 0 spiro atoms. The van der Waals surface area contributed by atoms with E-state index in [1.54, 1.807) is 29.2 Å². The summed E-state index contributed by atoms with van der Waals surface area (Å²) in [6.07, 6.45) is 1.10. The summed E-state index contributed by atoms with van der Waals surface area (Å²) in [5.41, 5.74) is 0.450. The van der Waals surface area contributed by atoms with Gasteiger partial charge in [-0.05, 0) is 45.0 Å². The summed E-state index contributed by atoms with van der Waals surface area (Å²) in [6, 6.07) is 6.67. The monoisotopic (exact) mass is 328 g/mol. The number of benzene rings is 1. The van der Waals surface area contributed by atoms with Gasteiger partial charge in [-0.1, -0.05) is 0 Å². The van der Waals surface area contributed by atoms with Crippen LogP contribution in [0.25, 0.3) is 0 Å². The molecule has 1 rings (SSSR count). The first kappa shape index (κ1) is 18.3. The highest BCUT2D eigenvalue weighted by Crippen LogP contribution is 2.21. The quantitative estimate of drug-likeness (QED) is 0.729. The molecule has 7 heteroatoms. The maximum Gasteiger partial charge on any atom is 0.243 e. The number of hydrogen-bond acceptors (Lipinski definition) is 4. The first-order chi connectivity index (χ1) is 10.3. The fraction of sp³-hybridized carbons (Fsp3) is 0.533. The van der Waals surface area contributed by atoms with E-state index in [1.165, 1.54) is 0 Å². The molecule has 0 aliphatic rings. The van der Waals surface area contributed by atoms with Crippen molar-refractivity contribution in [3.63, 3.8) is 0 Å². The summed E-state index contributed by atoms with van der Waals surface area (Å²) in [4.78, 5) is 13.8. The Balaban J connectivity index is 3.01. The molecule has 124 valence electrons. The van der Waals surface area contributed by atoms with E-state index >= 15 is 0 Å². The van der Waals surface area contributed by atoms with Crippen molar-refractivity contribution in [2.24, 2.45) is 0 Å². The number of hydrogen-bond donors (Lipinski definition) is 0. The standard InChI is InChI=1S/C15H24N2O4S/c1-5-16(6-2)15(18)12-17(22(4,19)20)13-8-10-14(11-9-13)21-7-3/h8-11H,5-7,12H2,1-4H3. The highest BCUT2D eigenvalue weighted by molar-refractivity contribution is 7.92. The van der Waals surface area contributed by atoms with E-state index in [1.807, 2.05) is 20.8 Å². The Morgan fingerprint density at radius 2 is 1.64 bits per heavy atom. The Hall–Kier alpha value is -1.76. The number of rotatable bonds is 8. The first-order valence-electron chi connectivity index (χ1n) is 7.31. The third-order valence-electron chi connectivity index (χ3n) is 3.23. The Labute approximate surface area is 132 Å². The first-order valence-corrected chi connectivity index (χ1v) is 9.16. The summed E-state index contributed by atoms with van der Waals surface area (Å²) < 4.78 is 30.5. The predicted octanol–water partition coefficient (Wildman–Crippen LogP) is 1.72. The number of carbonyl (C=O) groups excluding carboxylic acids is 1. The average Bonchev–Trinajstić information content (AvgIpc) is 2.46. The molecule has 0 atom stereocenters. The Bertz CT molecular complexity index is 580. The molecule has 0 aromatic heterocycles. The predicted molar refractivity (Wildman–Crippen MR) is 87.7 cm³/mol. The summed E-state index contributed by atoms with van der Waals surface area (Å²) in [5.74, 6) is 0.444. The molecule has 0 radical (unpaired) electrons. The number of amides is 1. The van der Waals surface area contributed by atoms with Crippen molar-refractivity contribution in [1.29, 1.82) is 0 Å². The molecule has 1 aromatic rings. The molecule has 1 aromatic carbocycles. The average molecular weight is 328 g/mol. The SMILES string of the molecule is CCOc1ccc(N(CC(=O)N(CC)CC)S(C)(=O)=O)cc1. The maximum absolute atomic E-state index is 12.2. The molecule has 0 bridgehead atoms. The highest BCUT2D eigenvalue weighted by atomic mass is 32.2. The molecule has 0 saturated heterocycles. The van der Waals surface area contributed by atoms with Crippen LogP contribution in [0.2, 0.25) is 0 Å². The lowest BCUT2D eigenvalue weighted by atomic mass is 10.3. The topological polar surface area (TPSA) is 66.9 Å². The summed E-state index contributed by atoms with van der Waals surface area (Å²) in [5, 5.41) is 0. The van der Waals surface area contributed by atoms with Crippen molar-refractivity contribution in [2.45, 2.75) is 20.8 Å². The van der Waals surface area contributed by atoms with Crippen molar-refractivity contribution < 1.29 is 17.9 Å². The van der Waals surface area contributed by atoms with Gasteiger partial charge in [0.1, 0.15) is 12.3 Å². The van der Waals surface area contributed by atoms with Crippen LogP contribution in [0.4, 0.5) is 5.69 Å². The summed E-state index contributed by atoms with van der Waals surface area (Å²) >= 11 is 0. The molecule has 6 nitrogen and oxygen atoms in total. The Morgan fingerprint density at radius 1 is 1.09 bits per heavy atom. The number of ether oxygens (including phenoxy) is 1. The number of nitrogens with zero attached hydrogens (tertiary/aromatic N) is 2. The van der Waals surface area contributed by atoms with Crippen LogP contribution < -0.4 is 9.04 Å². The van der Waals surface area contributed by atoms with E-state index in [2.05, 4.69) is 0 Å². The zero-order valence-corrected chi connectivity index (χ0v) is 14.4. The van der Waals surface area contributed by atoms with Crippen molar-refractivity contribution in [3.05, 3.63) is 24.3 Å². The zero-order chi connectivity index (χ0) is 16.8. The number of sulfonamides is 1. The summed E-state index contributed by atoms with van der Waals surface area (Å²) in [7, 11) is -3.54. The molecule has 0 unspecified atom stereocenters. The van der Waals surface area contributed by atoms with Crippen LogP contribution in [-0.4, -0.2) is 51.7 Å². The number of carbonyl (C=O) groups is 1. The van der Waals surface area contributed by atoms with Gasteiger partial charge >= 0.3 is 0 Å². The van der Waals surface area contributed by atoms with Gasteiger partial charge in [0, 0.05) is 13.1 Å². The molecule has 1 amide bonds. The normalized spacial score (nSPS) is 11.1. The third-order valence-corrected chi connectivity index (χ3v) is 4.37. The fourth-order valence-electron chi connectivity index (χ4n) is 2.07. The minimum atomic E-state index is -3.54. The second-order valence-corrected chi connectivity index (χ2v) is 6.67. The van der Waals surface area contributed by atoms with E-state index in [4.69, 9.17) is 4.74 Å². The van der Waals surface area contributed by atoms with Gasteiger partial charge < -0.3 is 9.64 Å². The zero-order valence-electron chi connectivity index (χ0n) is 13.6. The molecule has 0 saturated carbocycles. The minimum Gasteiger partial charge on any atom is -0.494 e. The molecule has 0 fully saturated rings. The van der Waals surface area contributed by atoms with Crippen LogP contribution in [-0.2, 0) is 14.8 Å². The van der Waals surface area contributed by atoms with Crippen molar-refractivity contribution in [1.82, 2.24) is 4.90 Å². The summed E-state index contributed by atoms with van der Waals surface area (Å²) in [6.45, 7) is 7.04. The third kappa shape index (κ3) is 4.91. The van der Waals surface area contributed by atoms with Gasteiger partial charge in [-0.2, -0.15) is 0 Å². The van der Waals surface area contributed by atoms with Crippen LogP contribution in [0.1, 0.15) is 20.8 Å². The van der Waals surface area contributed by atoms with Gasteiger partial charge in [0.2, 0.25) is 15.9 Å². The highest BCUT2D eigenvalue weighted by Gasteiger charge is 2.22. The molecule has 22 heavy (non-hydrogen) atoms. The molecule has 0 N–H and O–H groups in total. The van der Waals surface area contributed by atoms with Crippen LogP contribution in [0.5, 0.6) is 5.75 Å². The number of likely N-dealkylation sites (N-methyl/N-ethyl adjacent to an activating group) is 1. The van der Waals surface area contributed by atoms with Gasteiger partial charge in [0.15, 0.2) is 0 Å². The van der Waals surface area contributed by atoms with Gasteiger partial charge in [-0.25, -0.2) is 8.42 Å². The fourth-order valence-corrected chi connectivity index (χ4v) is 2.92.